The van der Waals surface area contributed by atoms with Gasteiger partial charge in [0.25, 0.3) is 0 Å². The number of esters is 1. The van der Waals surface area contributed by atoms with Crippen molar-refractivity contribution in [3.63, 3.8) is 0 Å². The van der Waals surface area contributed by atoms with Crippen LogP contribution in [0.15, 0.2) is 60.7 Å². The lowest BCUT2D eigenvalue weighted by atomic mass is 10.1. The van der Waals surface area contributed by atoms with E-state index < -0.39 is 0 Å². The highest BCUT2D eigenvalue weighted by molar-refractivity contribution is 5.70. The standard InChI is InChI=1S/C18H21NO2/c19-17(16-11-5-2-6-12-16)14-18(20)21-13-7-10-15-8-3-1-4-9-15/h1-6,8-9,11-12,17H,7,10,13-14,19H2. The van der Waals surface area contributed by atoms with Gasteiger partial charge in [-0.15, -0.1) is 0 Å². The van der Waals surface area contributed by atoms with Gasteiger partial charge in [-0.25, -0.2) is 0 Å². The van der Waals surface area contributed by atoms with Gasteiger partial charge >= 0.3 is 5.97 Å². The van der Waals surface area contributed by atoms with Gasteiger partial charge in [-0.1, -0.05) is 60.7 Å². The Bertz CT molecular complexity index is 540. The average Bonchev–Trinajstić information content (AvgIpc) is 2.53. The maximum Gasteiger partial charge on any atom is 0.307 e. The molecule has 0 radical (unpaired) electrons. The number of nitrogens with two attached hydrogens (primary N) is 1. The molecule has 1 unspecified atom stereocenters. The van der Waals surface area contributed by atoms with Crippen LogP contribution in [0, 0.1) is 0 Å². The molecule has 0 aromatic heterocycles. The Kier molecular flexibility index (Phi) is 5.98. The molecule has 0 aliphatic carbocycles. The summed E-state index contributed by atoms with van der Waals surface area (Å²) < 4.78 is 5.24. The lowest BCUT2D eigenvalue weighted by molar-refractivity contribution is -0.144. The van der Waals surface area contributed by atoms with Gasteiger partial charge in [0.2, 0.25) is 0 Å². The van der Waals surface area contributed by atoms with Crippen molar-refractivity contribution in [2.45, 2.75) is 25.3 Å². The highest BCUT2D eigenvalue weighted by Crippen LogP contribution is 2.14. The molecule has 0 amide bonds. The molecular weight excluding hydrogens is 262 g/mol. The van der Waals surface area contributed by atoms with Crippen LogP contribution in [-0.2, 0) is 16.0 Å². The Balaban J connectivity index is 1.66. The number of carbonyl (C=O) groups is 1. The number of ether oxygens (including phenoxy) is 1. The summed E-state index contributed by atoms with van der Waals surface area (Å²) in [5.74, 6) is -0.237. The smallest absolute Gasteiger partial charge is 0.307 e. The predicted octanol–water partition coefficient (Wildman–Crippen LogP) is 3.25. The number of hydrogen-bond donors (Lipinski definition) is 1. The van der Waals surface area contributed by atoms with Crippen LogP contribution in [0.5, 0.6) is 0 Å². The van der Waals surface area contributed by atoms with Crippen LogP contribution in [0.1, 0.15) is 30.0 Å². The van der Waals surface area contributed by atoms with Crippen LogP contribution >= 0.6 is 0 Å². The van der Waals surface area contributed by atoms with Gasteiger partial charge in [0.05, 0.1) is 13.0 Å². The van der Waals surface area contributed by atoms with E-state index in [1.165, 1.54) is 5.56 Å². The van der Waals surface area contributed by atoms with E-state index in [2.05, 4.69) is 12.1 Å². The van der Waals surface area contributed by atoms with Gasteiger partial charge in [0.1, 0.15) is 0 Å². The Morgan fingerprint density at radius 1 is 1.00 bits per heavy atom. The summed E-state index contributed by atoms with van der Waals surface area (Å²) in [5.41, 5.74) is 8.21. The molecule has 2 N–H and O–H groups in total. The Morgan fingerprint density at radius 3 is 2.29 bits per heavy atom. The highest BCUT2D eigenvalue weighted by Gasteiger charge is 2.12. The molecule has 1 atom stereocenters. The molecule has 21 heavy (non-hydrogen) atoms. The van der Waals surface area contributed by atoms with E-state index in [0.29, 0.717) is 6.61 Å². The van der Waals surface area contributed by atoms with Gasteiger partial charge in [-0.05, 0) is 24.0 Å². The van der Waals surface area contributed by atoms with E-state index in [1.54, 1.807) is 0 Å². The number of benzene rings is 2. The summed E-state index contributed by atoms with van der Waals surface area (Å²) in [6, 6.07) is 19.5. The third-order valence-electron chi connectivity index (χ3n) is 3.33. The highest BCUT2D eigenvalue weighted by atomic mass is 16.5. The second-order valence-corrected chi connectivity index (χ2v) is 5.03. The SMILES string of the molecule is NC(CC(=O)OCCCc1ccccc1)c1ccccc1. The molecule has 2 aromatic carbocycles. The topological polar surface area (TPSA) is 52.3 Å². The largest absolute Gasteiger partial charge is 0.466 e. The molecule has 110 valence electrons. The van der Waals surface area contributed by atoms with E-state index in [0.717, 1.165) is 18.4 Å². The maximum absolute atomic E-state index is 11.7. The first-order chi connectivity index (χ1) is 10.3. The fourth-order valence-electron chi connectivity index (χ4n) is 2.16. The minimum absolute atomic E-state index is 0.218. The Hall–Kier alpha value is -2.13. The van der Waals surface area contributed by atoms with Crippen LogP contribution in [-0.4, -0.2) is 12.6 Å². The first-order valence-corrected chi connectivity index (χ1v) is 7.26. The first-order valence-electron chi connectivity index (χ1n) is 7.26. The lowest BCUT2D eigenvalue weighted by Crippen LogP contribution is -2.17. The molecule has 0 saturated heterocycles. The fraction of sp³-hybridized carbons (Fsp3) is 0.278. The summed E-state index contributed by atoms with van der Waals surface area (Å²) >= 11 is 0. The zero-order valence-corrected chi connectivity index (χ0v) is 12.1. The summed E-state index contributed by atoms with van der Waals surface area (Å²) in [6.45, 7) is 0.440. The summed E-state index contributed by atoms with van der Waals surface area (Å²) in [4.78, 5) is 11.7. The van der Waals surface area contributed by atoms with Crippen LogP contribution in [0.25, 0.3) is 0 Å². The van der Waals surface area contributed by atoms with Crippen molar-refractivity contribution in [3.8, 4) is 0 Å². The van der Waals surface area contributed by atoms with Gasteiger partial charge in [-0.2, -0.15) is 0 Å². The molecular formula is C18H21NO2. The van der Waals surface area contributed by atoms with Crippen LogP contribution in [0.4, 0.5) is 0 Å². The summed E-state index contributed by atoms with van der Waals surface area (Å²) in [6.07, 6.45) is 1.96. The molecule has 0 saturated carbocycles. The summed E-state index contributed by atoms with van der Waals surface area (Å²) in [7, 11) is 0. The fourth-order valence-corrected chi connectivity index (χ4v) is 2.16. The minimum atomic E-state index is -0.298. The van der Waals surface area contributed by atoms with Crippen LogP contribution in [0.2, 0.25) is 0 Å². The summed E-state index contributed by atoms with van der Waals surface area (Å²) in [5, 5.41) is 0. The number of rotatable bonds is 7. The Labute approximate surface area is 125 Å². The average molecular weight is 283 g/mol. The zero-order chi connectivity index (χ0) is 14.9. The monoisotopic (exact) mass is 283 g/mol. The van der Waals surface area contributed by atoms with E-state index >= 15 is 0 Å². The Morgan fingerprint density at radius 2 is 1.62 bits per heavy atom. The van der Waals surface area contributed by atoms with Crippen LogP contribution in [0.3, 0.4) is 0 Å². The minimum Gasteiger partial charge on any atom is -0.466 e. The quantitative estimate of drug-likeness (QED) is 0.627. The maximum atomic E-state index is 11.7. The molecule has 0 bridgehead atoms. The number of aryl methyl sites for hydroxylation is 1. The molecule has 3 nitrogen and oxygen atoms in total. The van der Waals surface area contributed by atoms with E-state index in [1.807, 2.05) is 48.5 Å². The predicted molar refractivity (Wildman–Crippen MR) is 83.7 cm³/mol. The van der Waals surface area contributed by atoms with Gasteiger partial charge in [0, 0.05) is 6.04 Å². The third-order valence-corrected chi connectivity index (χ3v) is 3.33. The first kappa shape index (κ1) is 15.3. The van der Waals surface area contributed by atoms with Crippen molar-refractivity contribution < 1.29 is 9.53 Å². The third kappa shape index (κ3) is 5.40. The molecule has 0 heterocycles. The van der Waals surface area contributed by atoms with Gasteiger partial charge in [0.15, 0.2) is 0 Å². The van der Waals surface area contributed by atoms with Gasteiger partial charge in [-0.3, -0.25) is 4.79 Å². The second-order valence-electron chi connectivity index (χ2n) is 5.03. The number of carbonyl (C=O) groups excluding carboxylic acids is 1. The van der Waals surface area contributed by atoms with Crippen molar-refractivity contribution >= 4 is 5.97 Å². The second kappa shape index (κ2) is 8.22. The van der Waals surface area contributed by atoms with Crippen molar-refractivity contribution in [1.82, 2.24) is 0 Å². The molecule has 0 aliphatic rings. The van der Waals surface area contributed by atoms with Crippen molar-refractivity contribution in [1.29, 1.82) is 0 Å². The molecule has 2 aromatic rings. The molecule has 2 rings (SSSR count). The van der Waals surface area contributed by atoms with Crippen molar-refractivity contribution in [2.24, 2.45) is 5.73 Å². The number of hydrogen-bond acceptors (Lipinski definition) is 3. The normalized spacial score (nSPS) is 11.9. The zero-order valence-electron chi connectivity index (χ0n) is 12.1. The molecule has 0 spiro atoms. The molecule has 0 fully saturated rings. The van der Waals surface area contributed by atoms with Crippen LogP contribution < -0.4 is 5.73 Å². The van der Waals surface area contributed by atoms with E-state index in [9.17, 15) is 4.79 Å². The van der Waals surface area contributed by atoms with Crippen molar-refractivity contribution in [3.05, 3.63) is 71.8 Å². The van der Waals surface area contributed by atoms with E-state index in [4.69, 9.17) is 10.5 Å². The van der Waals surface area contributed by atoms with E-state index in [-0.39, 0.29) is 18.4 Å². The lowest BCUT2D eigenvalue weighted by Gasteiger charge is -2.11. The molecule has 3 heteroatoms. The van der Waals surface area contributed by atoms with Crippen molar-refractivity contribution in [2.75, 3.05) is 6.61 Å². The molecule has 0 aliphatic heterocycles. The van der Waals surface area contributed by atoms with Gasteiger partial charge < -0.3 is 10.5 Å².